The highest BCUT2D eigenvalue weighted by Gasteiger charge is 2.21. The summed E-state index contributed by atoms with van der Waals surface area (Å²) in [6, 6.07) is 13.5. The molecule has 2 unspecified atom stereocenters. The molecule has 0 saturated carbocycles. The zero-order chi connectivity index (χ0) is 28.2. The second-order valence-electron chi connectivity index (χ2n) is 9.76. The lowest BCUT2D eigenvalue weighted by molar-refractivity contribution is -0.151. The van der Waals surface area contributed by atoms with Gasteiger partial charge in [0.1, 0.15) is 36.9 Å². The molecule has 0 N–H and O–H groups in total. The number of hydrogen-bond acceptors (Lipinski definition) is 6. The molecule has 7 heteroatoms. The van der Waals surface area contributed by atoms with Gasteiger partial charge in [0.05, 0.1) is 0 Å². The molecule has 3 aromatic rings. The number of unbranched alkanes of at least 4 members (excludes halogenated alkanes) is 2. The van der Waals surface area contributed by atoms with Crippen LogP contribution in [-0.4, -0.2) is 37.4 Å². The molecule has 0 heterocycles. The predicted octanol–water partition coefficient (Wildman–Crippen LogP) is 8.43. The summed E-state index contributed by atoms with van der Waals surface area (Å²) in [6.07, 6.45) is 4.91. The van der Waals surface area contributed by atoms with Crippen molar-refractivity contribution in [2.45, 2.75) is 91.3 Å². The smallest absolute Gasteiger partial charge is 0.306 e. The molecule has 0 aliphatic carbocycles. The monoisotopic (exact) mass is 556 g/mol. The molecule has 0 fully saturated rings. The number of fused-ring (bicyclic) bond motifs is 2. The Morgan fingerprint density at radius 2 is 1.15 bits per heavy atom. The van der Waals surface area contributed by atoms with Crippen molar-refractivity contribution in [3.63, 3.8) is 0 Å². The van der Waals surface area contributed by atoms with Gasteiger partial charge in [-0.05, 0) is 43.9 Å². The molecule has 0 aliphatic rings. The highest BCUT2D eigenvalue weighted by Crippen LogP contribution is 2.43. The van der Waals surface area contributed by atoms with Gasteiger partial charge in [-0.25, -0.2) is 0 Å². The molecule has 6 nitrogen and oxygen atoms in total. The summed E-state index contributed by atoms with van der Waals surface area (Å²) >= 11 is 6.43. The zero-order valence-corrected chi connectivity index (χ0v) is 24.4. The third-order valence-corrected chi connectivity index (χ3v) is 6.93. The lowest BCUT2D eigenvalue weighted by atomic mass is 10.0. The highest BCUT2D eigenvalue weighted by atomic mass is 35.5. The van der Waals surface area contributed by atoms with E-state index < -0.39 is 0 Å². The standard InChI is InChI=1S/C32H41ClO6/c1-5-9-15-29(34)38-23(7-3)20-36-31-25-13-11-12-14-26(25)32(28-19-22(33)17-18-27(28)31)37-21-24(8-4)39-30(35)16-10-6-2/h11-14,17-19,23-24H,5-10,15-16,20-21H2,1-4H3. The van der Waals surface area contributed by atoms with E-state index >= 15 is 0 Å². The molecule has 0 amide bonds. The van der Waals surface area contributed by atoms with E-state index in [9.17, 15) is 9.59 Å². The summed E-state index contributed by atoms with van der Waals surface area (Å²) in [5.74, 6) is 0.954. The van der Waals surface area contributed by atoms with Crippen LogP contribution in [-0.2, 0) is 19.1 Å². The Bertz CT molecular complexity index is 1240. The largest absolute Gasteiger partial charge is 0.488 e. The molecule has 39 heavy (non-hydrogen) atoms. The topological polar surface area (TPSA) is 71.1 Å². The fourth-order valence-electron chi connectivity index (χ4n) is 4.34. The number of ether oxygens (including phenoxy) is 4. The maximum atomic E-state index is 12.2. The summed E-state index contributed by atoms with van der Waals surface area (Å²) in [6.45, 7) is 8.52. The van der Waals surface area contributed by atoms with Gasteiger partial charge >= 0.3 is 11.9 Å². The van der Waals surface area contributed by atoms with Gasteiger partial charge in [-0.3, -0.25) is 9.59 Å². The highest BCUT2D eigenvalue weighted by molar-refractivity contribution is 6.31. The van der Waals surface area contributed by atoms with Gasteiger partial charge in [0, 0.05) is 39.4 Å². The fourth-order valence-corrected chi connectivity index (χ4v) is 4.51. The molecular formula is C32H41ClO6. The number of halogens is 1. The minimum atomic E-state index is -0.356. The number of hydrogen-bond donors (Lipinski definition) is 0. The van der Waals surface area contributed by atoms with Crippen LogP contribution in [0.15, 0.2) is 42.5 Å². The number of rotatable bonds is 16. The molecule has 0 radical (unpaired) electrons. The summed E-state index contributed by atoms with van der Waals surface area (Å²) in [5, 5.41) is 3.96. The van der Waals surface area contributed by atoms with Crippen LogP contribution < -0.4 is 9.47 Å². The first-order valence-electron chi connectivity index (χ1n) is 14.2. The van der Waals surface area contributed by atoms with Crippen LogP contribution in [0.3, 0.4) is 0 Å². The van der Waals surface area contributed by atoms with Crippen molar-refractivity contribution >= 4 is 45.1 Å². The first-order valence-corrected chi connectivity index (χ1v) is 14.6. The van der Waals surface area contributed by atoms with Crippen LogP contribution in [0.25, 0.3) is 21.5 Å². The summed E-state index contributed by atoms with van der Waals surface area (Å²) in [5.41, 5.74) is 0. The van der Waals surface area contributed by atoms with Crippen molar-refractivity contribution in [2.24, 2.45) is 0 Å². The first kappa shape index (κ1) is 30.6. The zero-order valence-electron chi connectivity index (χ0n) is 23.6. The molecule has 3 aromatic carbocycles. The molecule has 0 aliphatic heterocycles. The van der Waals surface area contributed by atoms with E-state index in [0.29, 0.717) is 42.2 Å². The number of carbonyl (C=O) groups excluding carboxylic acids is 2. The molecule has 212 valence electrons. The van der Waals surface area contributed by atoms with Crippen LogP contribution in [0.5, 0.6) is 11.5 Å². The Hall–Kier alpha value is -2.99. The van der Waals surface area contributed by atoms with E-state index in [0.717, 1.165) is 47.2 Å². The van der Waals surface area contributed by atoms with E-state index in [1.54, 1.807) is 0 Å². The van der Waals surface area contributed by atoms with Gasteiger partial charge < -0.3 is 18.9 Å². The quantitative estimate of drug-likeness (QED) is 0.130. The predicted molar refractivity (Wildman–Crippen MR) is 157 cm³/mol. The van der Waals surface area contributed by atoms with Crippen LogP contribution in [0.2, 0.25) is 5.02 Å². The van der Waals surface area contributed by atoms with Crippen molar-refractivity contribution in [1.29, 1.82) is 0 Å². The van der Waals surface area contributed by atoms with E-state index in [1.165, 1.54) is 0 Å². The molecule has 0 bridgehead atoms. The number of carbonyl (C=O) groups is 2. The second kappa shape index (κ2) is 15.6. The van der Waals surface area contributed by atoms with Crippen molar-refractivity contribution in [1.82, 2.24) is 0 Å². The minimum absolute atomic E-state index is 0.196. The van der Waals surface area contributed by atoms with Gasteiger partial charge in [-0.1, -0.05) is 76.4 Å². The first-order chi connectivity index (χ1) is 18.9. The minimum Gasteiger partial charge on any atom is -0.488 e. The van der Waals surface area contributed by atoms with Crippen molar-refractivity contribution < 1.29 is 28.5 Å². The summed E-state index contributed by atoms with van der Waals surface area (Å²) in [4.78, 5) is 24.4. The van der Waals surface area contributed by atoms with Crippen molar-refractivity contribution in [3.05, 3.63) is 47.5 Å². The molecule has 0 spiro atoms. The van der Waals surface area contributed by atoms with Gasteiger partial charge in [0.15, 0.2) is 0 Å². The van der Waals surface area contributed by atoms with E-state index in [1.807, 2.05) is 70.2 Å². The molecule has 0 saturated heterocycles. The van der Waals surface area contributed by atoms with Gasteiger partial charge in [-0.15, -0.1) is 0 Å². The molecule has 0 aromatic heterocycles. The maximum Gasteiger partial charge on any atom is 0.306 e. The van der Waals surface area contributed by atoms with Crippen LogP contribution in [0.4, 0.5) is 0 Å². The Balaban J connectivity index is 1.91. The van der Waals surface area contributed by atoms with Crippen LogP contribution >= 0.6 is 11.6 Å². The van der Waals surface area contributed by atoms with Crippen molar-refractivity contribution in [2.75, 3.05) is 13.2 Å². The Labute approximate surface area is 236 Å². The lowest BCUT2D eigenvalue weighted by Crippen LogP contribution is -2.25. The average molecular weight is 557 g/mol. The maximum absolute atomic E-state index is 12.2. The lowest BCUT2D eigenvalue weighted by Gasteiger charge is -2.22. The Morgan fingerprint density at radius 1 is 0.692 bits per heavy atom. The van der Waals surface area contributed by atoms with Crippen LogP contribution in [0.1, 0.15) is 79.1 Å². The summed E-state index contributed by atoms with van der Waals surface area (Å²) in [7, 11) is 0. The Morgan fingerprint density at radius 3 is 1.62 bits per heavy atom. The number of esters is 2. The number of benzene rings is 3. The van der Waals surface area contributed by atoms with Crippen LogP contribution in [0, 0.1) is 0 Å². The summed E-state index contributed by atoms with van der Waals surface area (Å²) < 4.78 is 24.1. The van der Waals surface area contributed by atoms with E-state index in [2.05, 4.69) is 0 Å². The molecular weight excluding hydrogens is 516 g/mol. The van der Waals surface area contributed by atoms with E-state index in [-0.39, 0.29) is 37.4 Å². The van der Waals surface area contributed by atoms with Gasteiger partial charge in [-0.2, -0.15) is 0 Å². The third-order valence-electron chi connectivity index (χ3n) is 6.69. The Kier molecular flexibility index (Phi) is 12.2. The fraction of sp³-hybridized carbons (Fsp3) is 0.500. The molecule has 3 rings (SSSR count). The molecule has 2 atom stereocenters. The second-order valence-corrected chi connectivity index (χ2v) is 10.2. The SMILES string of the molecule is CCCCC(=O)OC(CC)COc1c2ccccc2c(OCC(CC)OC(=O)CCCC)c2cc(Cl)ccc12. The normalized spacial score (nSPS) is 12.7. The van der Waals surface area contributed by atoms with Crippen molar-refractivity contribution in [3.8, 4) is 11.5 Å². The van der Waals surface area contributed by atoms with Gasteiger partial charge in [0.2, 0.25) is 0 Å². The van der Waals surface area contributed by atoms with Gasteiger partial charge in [0.25, 0.3) is 0 Å². The third kappa shape index (κ3) is 8.50. The van der Waals surface area contributed by atoms with E-state index in [4.69, 9.17) is 30.5 Å². The average Bonchev–Trinajstić information content (AvgIpc) is 2.95.